The van der Waals surface area contributed by atoms with Gasteiger partial charge in [0.2, 0.25) is 0 Å². The highest BCUT2D eigenvalue weighted by atomic mass is 32.1. The highest BCUT2D eigenvalue weighted by Crippen LogP contribution is 2.23. The summed E-state index contributed by atoms with van der Waals surface area (Å²) in [6.45, 7) is 4.73. The number of hydrogen-bond acceptors (Lipinski definition) is 5. The van der Waals surface area contributed by atoms with E-state index in [1.54, 1.807) is 12.1 Å². The molecule has 0 spiro atoms. The molecule has 0 saturated carbocycles. The maximum absolute atomic E-state index is 11.3. The Labute approximate surface area is 133 Å². The van der Waals surface area contributed by atoms with E-state index in [1.165, 1.54) is 11.3 Å². The fourth-order valence-electron chi connectivity index (χ4n) is 1.94. The van der Waals surface area contributed by atoms with E-state index < -0.39 is 5.97 Å². The molecule has 2 aromatic rings. The molecule has 0 unspecified atom stereocenters. The minimum atomic E-state index is -0.954. The van der Waals surface area contributed by atoms with Crippen molar-refractivity contribution in [3.63, 3.8) is 0 Å². The molecule has 0 fully saturated rings. The molecule has 0 aliphatic rings. The predicted octanol–water partition coefficient (Wildman–Crippen LogP) is 3.77. The molecule has 118 valence electrons. The van der Waals surface area contributed by atoms with E-state index >= 15 is 0 Å². The van der Waals surface area contributed by atoms with Gasteiger partial charge in [-0.15, -0.1) is 11.3 Å². The van der Waals surface area contributed by atoms with Gasteiger partial charge >= 0.3 is 5.97 Å². The second kappa shape index (κ2) is 7.79. The summed E-state index contributed by atoms with van der Waals surface area (Å²) in [7, 11) is 0. The number of nitrogens with zero attached hydrogens (tertiary/aromatic N) is 1. The monoisotopic (exact) mass is 321 g/mol. The second-order valence-electron chi connectivity index (χ2n) is 4.63. The number of thiazole rings is 1. The van der Waals surface area contributed by atoms with Crippen LogP contribution >= 0.6 is 11.3 Å². The van der Waals surface area contributed by atoms with Crippen LogP contribution in [0.3, 0.4) is 0 Å². The minimum Gasteiger partial charge on any atom is -0.494 e. The summed E-state index contributed by atoms with van der Waals surface area (Å²) in [5.41, 5.74) is 0.481. The maximum Gasteiger partial charge on any atom is 0.347 e. The van der Waals surface area contributed by atoms with Crippen LogP contribution in [0.2, 0.25) is 0 Å². The summed E-state index contributed by atoms with van der Waals surface area (Å²) < 4.78 is 11.0. The molecule has 0 bridgehead atoms. The highest BCUT2D eigenvalue weighted by Gasteiger charge is 2.17. The molecule has 0 aliphatic heterocycles. The number of rotatable bonds is 8. The Morgan fingerprint density at radius 3 is 2.36 bits per heavy atom. The molecule has 6 heteroatoms. The number of ether oxygens (including phenoxy) is 2. The van der Waals surface area contributed by atoms with E-state index in [0.29, 0.717) is 18.1 Å². The van der Waals surface area contributed by atoms with Crippen molar-refractivity contribution in [2.24, 2.45) is 0 Å². The molecule has 1 N–H and O–H groups in total. The van der Waals surface area contributed by atoms with E-state index in [0.717, 1.165) is 23.6 Å². The van der Waals surface area contributed by atoms with Gasteiger partial charge in [-0.1, -0.05) is 6.92 Å². The Balaban J connectivity index is 2.05. The van der Waals surface area contributed by atoms with E-state index in [2.05, 4.69) is 4.98 Å². The first-order valence-corrected chi connectivity index (χ1v) is 8.03. The Morgan fingerprint density at radius 2 is 1.82 bits per heavy atom. The topological polar surface area (TPSA) is 68.7 Å². The van der Waals surface area contributed by atoms with Gasteiger partial charge in [0.15, 0.2) is 0 Å². The SMILES string of the molecule is CCCc1nc(COc2ccc(OCC)cc2)c(C(=O)O)s1. The predicted molar refractivity (Wildman–Crippen MR) is 85.0 cm³/mol. The van der Waals surface area contributed by atoms with Gasteiger partial charge in [-0.3, -0.25) is 0 Å². The van der Waals surface area contributed by atoms with Gasteiger partial charge < -0.3 is 14.6 Å². The van der Waals surface area contributed by atoms with Crippen LogP contribution in [-0.4, -0.2) is 22.7 Å². The number of carbonyl (C=O) groups is 1. The number of benzene rings is 1. The fourth-order valence-corrected chi connectivity index (χ4v) is 2.94. The summed E-state index contributed by atoms with van der Waals surface area (Å²) in [6, 6.07) is 7.23. The summed E-state index contributed by atoms with van der Waals surface area (Å²) in [4.78, 5) is 15.9. The third-order valence-electron chi connectivity index (χ3n) is 2.91. The van der Waals surface area contributed by atoms with Crippen LogP contribution in [0.25, 0.3) is 0 Å². The number of aryl methyl sites for hydroxylation is 1. The van der Waals surface area contributed by atoms with Gasteiger partial charge in [0.05, 0.1) is 11.6 Å². The molecule has 5 nitrogen and oxygen atoms in total. The Kier molecular flexibility index (Phi) is 5.77. The van der Waals surface area contributed by atoms with Crippen LogP contribution in [0, 0.1) is 0 Å². The van der Waals surface area contributed by atoms with Crippen LogP contribution in [0.4, 0.5) is 0 Å². The Morgan fingerprint density at radius 1 is 1.18 bits per heavy atom. The molecule has 0 amide bonds. The van der Waals surface area contributed by atoms with Crippen molar-refractivity contribution in [2.45, 2.75) is 33.3 Å². The van der Waals surface area contributed by atoms with Gasteiger partial charge in [0, 0.05) is 0 Å². The summed E-state index contributed by atoms with van der Waals surface area (Å²) >= 11 is 1.23. The average Bonchev–Trinajstić information content (AvgIpc) is 2.91. The lowest BCUT2D eigenvalue weighted by atomic mass is 10.3. The van der Waals surface area contributed by atoms with Crippen LogP contribution in [0.5, 0.6) is 11.5 Å². The van der Waals surface area contributed by atoms with Crippen molar-refractivity contribution in [2.75, 3.05) is 6.61 Å². The second-order valence-corrected chi connectivity index (χ2v) is 5.72. The van der Waals surface area contributed by atoms with Crippen molar-refractivity contribution in [1.82, 2.24) is 4.98 Å². The number of carboxylic acid groups (broad SMARTS) is 1. The van der Waals surface area contributed by atoms with E-state index in [-0.39, 0.29) is 11.5 Å². The fraction of sp³-hybridized carbons (Fsp3) is 0.375. The van der Waals surface area contributed by atoms with Crippen molar-refractivity contribution in [3.05, 3.63) is 39.8 Å². The first-order valence-electron chi connectivity index (χ1n) is 7.21. The zero-order valence-electron chi connectivity index (χ0n) is 12.7. The van der Waals surface area contributed by atoms with E-state index in [4.69, 9.17) is 9.47 Å². The van der Waals surface area contributed by atoms with Gasteiger partial charge in [0.25, 0.3) is 0 Å². The lowest BCUT2D eigenvalue weighted by molar-refractivity contribution is 0.0699. The molecule has 0 saturated heterocycles. The van der Waals surface area contributed by atoms with Crippen LogP contribution in [0.15, 0.2) is 24.3 Å². The lowest BCUT2D eigenvalue weighted by Gasteiger charge is -2.07. The Bertz CT molecular complexity index is 622. The van der Waals surface area contributed by atoms with Crippen molar-refractivity contribution < 1.29 is 19.4 Å². The Hall–Kier alpha value is -2.08. The van der Waals surface area contributed by atoms with Crippen molar-refractivity contribution in [3.8, 4) is 11.5 Å². The standard InChI is InChI=1S/C16H19NO4S/c1-3-5-14-17-13(15(22-14)16(18)19)10-21-12-8-6-11(7-9-12)20-4-2/h6-9H,3-5,10H2,1-2H3,(H,18,19). The van der Waals surface area contributed by atoms with Gasteiger partial charge in [-0.25, -0.2) is 9.78 Å². The van der Waals surface area contributed by atoms with Gasteiger partial charge in [-0.2, -0.15) is 0 Å². The molecule has 1 aromatic heterocycles. The molecular weight excluding hydrogens is 302 g/mol. The summed E-state index contributed by atoms with van der Waals surface area (Å²) in [5, 5.41) is 10.1. The third kappa shape index (κ3) is 4.21. The quantitative estimate of drug-likeness (QED) is 0.801. The van der Waals surface area contributed by atoms with Gasteiger partial charge in [0.1, 0.15) is 28.7 Å². The van der Waals surface area contributed by atoms with E-state index in [9.17, 15) is 9.90 Å². The highest BCUT2D eigenvalue weighted by molar-refractivity contribution is 7.13. The minimum absolute atomic E-state index is 0.149. The molecule has 0 radical (unpaired) electrons. The summed E-state index contributed by atoms with van der Waals surface area (Å²) in [6.07, 6.45) is 1.72. The number of aromatic carboxylic acids is 1. The molecule has 1 aromatic carbocycles. The van der Waals surface area contributed by atoms with Crippen LogP contribution in [0.1, 0.15) is 40.6 Å². The van der Waals surface area contributed by atoms with Crippen LogP contribution in [-0.2, 0) is 13.0 Å². The maximum atomic E-state index is 11.3. The number of hydrogen-bond donors (Lipinski definition) is 1. The third-order valence-corrected chi connectivity index (χ3v) is 4.06. The number of carboxylic acids is 1. The smallest absolute Gasteiger partial charge is 0.347 e. The average molecular weight is 321 g/mol. The van der Waals surface area contributed by atoms with Crippen molar-refractivity contribution >= 4 is 17.3 Å². The molecule has 1 heterocycles. The largest absolute Gasteiger partial charge is 0.494 e. The first kappa shape index (κ1) is 16.3. The molecule has 0 atom stereocenters. The number of aromatic nitrogens is 1. The molecule has 2 rings (SSSR count). The zero-order chi connectivity index (χ0) is 15.9. The van der Waals surface area contributed by atoms with Crippen molar-refractivity contribution in [1.29, 1.82) is 0 Å². The van der Waals surface area contributed by atoms with E-state index in [1.807, 2.05) is 26.0 Å². The zero-order valence-corrected chi connectivity index (χ0v) is 13.5. The van der Waals surface area contributed by atoms with Gasteiger partial charge in [-0.05, 0) is 44.0 Å². The molecule has 22 heavy (non-hydrogen) atoms. The normalized spacial score (nSPS) is 10.5. The molecular formula is C16H19NO4S. The summed E-state index contributed by atoms with van der Waals surface area (Å²) in [5.74, 6) is 0.481. The molecule has 0 aliphatic carbocycles. The first-order chi connectivity index (χ1) is 10.6. The van der Waals surface area contributed by atoms with Crippen LogP contribution < -0.4 is 9.47 Å². The lowest BCUT2D eigenvalue weighted by Crippen LogP contribution is -2.03.